The zero-order chi connectivity index (χ0) is 20.4. The molecule has 6 nitrogen and oxygen atoms in total. The number of benzene rings is 2. The molecule has 2 aromatic heterocycles. The molecule has 0 bridgehead atoms. The molecule has 2 heterocycles. The molecule has 29 heavy (non-hydrogen) atoms. The van der Waals surface area contributed by atoms with E-state index in [-0.39, 0.29) is 10.7 Å². The maximum absolute atomic E-state index is 12.4. The van der Waals surface area contributed by atoms with E-state index in [2.05, 4.69) is 15.2 Å². The zero-order valence-electron chi connectivity index (χ0n) is 15.5. The summed E-state index contributed by atoms with van der Waals surface area (Å²) in [5.74, 6) is -0.103. The van der Waals surface area contributed by atoms with E-state index in [9.17, 15) is 9.59 Å². The number of nitrogens with zero attached hydrogens (tertiary/aromatic N) is 2. The van der Waals surface area contributed by atoms with Crippen molar-refractivity contribution in [2.75, 3.05) is 0 Å². The molecule has 0 fully saturated rings. The first kappa shape index (κ1) is 18.8. The third-order valence-electron chi connectivity index (χ3n) is 4.41. The molecule has 0 spiro atoms. The van der Waals surface area contributed by atoms with Crippen LogP contribution < -0.4 is 10.3 Å². The number of halogens is 1. The van der Waals surface area contributed by atoms with Crippen LogP contribution in [0.5, 0.6) is 5.75 Å². The molecule has 2 aromatic carbocycles. The standard InChI is InChI=1S/C22H16ClN3O3/c1-13-9-15(12-20(23)24-13)22(28)29-16-6-4-5-14(10-16)11-19-17-7-2-3-8-18(17)21(27)26-25-19/h2-10,12H,11H2,1H3,(H,26,27). The first-order valence-corrected chi connectivity index (χ1v) is 9.29. The Balaban J connectivity index is 1.59. The van der Waals surface area contributed by atoms with Crippen LogP contribution in [-0.4, -0.2) is 21.2 Å². The number of aryl methyl sites for hydroxylation is 1. The van der Waals surface area contributed by atoms with Gasteiger partial charge < -0.3 is 4.74 Å². The fraction of sp³-hybridized carbons (Fsp3) is 0.0909. The smallest absolute Gasteiger partial charge is 0.343 e. The molecular weight excluding hydrogens is 390 g/mol. The van der Waals surface area contributed by atoms with Gasteiger partial charge in [-0.05, 0) is 42.8 Å². The van der Waals surface area contributed by atoms with Crippen molar-refractivity contribution in [2.24, 2.45) is 0 Å². The molecule has 0 atom stereocenters. The van der Waals surface area contributed by atoms with Crippen LogP contribution in [0.1, 0.15) is 27.3 Å². The van der Waals surface area contributed by atoms with Gasteiger partial charge in [0.25, 0.3) is 5.56 Å². The molecule has 0 aliphatic carbocycles. The third kappa shape index (κ3) is 4.17. The Morgan fingerprint density at radius 3 is 2.66 bits per heavy atom. The van der Waals surface area contributed by atoms with E-state index in [0.29, 0.717) is 28.8 Å². The summed E-state index contributed by atoms with van der Waals surface area (Å²) < 4.78 is 5.49. The van der Waals surface area contributed by atoms with Crippen LogP contribution in [0.25, 0.3) is 10.8 Å². The summed E-state index contributed by atoms with van der Waals surface area (Å²) in [6.07, 6.45) is 0.475. The number of esters is 1. The van der Waals surface area contributed by atoms with Crippen molar-refractivity contribution in [3.05, 3.63) is 98.7 Å². The number of H-pyrrole nitrogens is 1. The molecule has 144 valence electrons. The zero-order valence-corrected chi connectivity index (χ0v) is 16.2. The predicted octanol–water partition coefficient (Wildman–Crippen LogP) is 4.09. The second-order valence-electron chi connectivity index (χ2n) is 6.58. The van der Waals surface area contributed by atoms with Crippen LogP contribution in [0.15, 0.2) is 65.5 Å². The van der Waals surface area contributed by atoms with Crippen molar-refractivity contribution in [1.82, 2.24) is 15.2 Å². The number of nitrogens with one attached hydrogen (secondary N) is 1. The summed E-state index contributed by atoms with van der Waals surface area (Å²) in [6.45, 7) is 1.75. The summed E-state index contributed by atoms with van der Waals surface area (Å²) >= 11 is 5.92. The number of pyridine rings is 1. The first-order valence-electron chi connectivity index (χ1n) is 8.91. The van der Waals surface area contributed by atoms with Gasteiger partial charge in [0.2, 0.25) is 0 Å². The molecule has 0 radical (unpaired) electrons. The minimum Gasteiger partial charge on any atom is -0.423 e. The van der Waals surface area contributed by atoms with E-state index in [0.717, 1.165) is 16.6 Å². The number of aromatic amines is 1. The molecule has 7 heteroatoms. The lowest BCUT2D eigenvalue weighted by Crippen LogP contribution is -2.11. The van der Waals surface area contributed by atoms with E-state index in [1.807, 2.05) is 24.3 Å². The van der Waals surface area contributed by atoms with Crippen molar-refractivity contribution in [3.63, 3.8) is 0 Å². The predicted molar refractivity (Wildman–Crippen MR) is 111 cm³/mol. The lowest BCUT2D eigenvalue weighted by molar-refractivity contribution is 0.0734. The van der Waals surface area contributed by atoms with Gasteiger partial charge in [-0.15, -0.1) is 0 Å². The minimum absolute atomic E-state index is 0.224. The number of fused-ring (bicyclic) bond motifs is 1. The lowest BCUT2D eigenvalue weighted by Gasteiger charge is -2.08. The van der Waals surface area contributed by atoms with Crippen LogP contribution in [-0.2, 0) is 6.42 Å². The minimum atomic E-state index is -0.512. The van der Waals surface area contributed by atoms with Gasteiger partial charge in [-0.1, -0.05) is 41.9 Å². The number of ether oxygens (including phenoxy) is 1. The van der Waals surface area contributed by atoms with E-state index in [1.54, 1.807) is 37.3 Å². The second kappa shape index (κ2) is 7.85. The highest BCUT2D eigenvalue weighted by Gasteiger charge is 2.12. The maximum atomic E-state index is 12.4. The van der Waals surface area contributed by atoms with Crippen LogP contribution in [0.2, 0.25) is 5.15 Å². The third-order valence-corrected chi connectivity index (χ3v) is 4.61. The lowest BCUT2D eigenvalue weighted by atomic mass is 10.0. The van der Waals surface area contributed by atoms with Crippen LogP contribution in [0, 0.1) is 6.92 Å². The van der Waals surface area contributed by atoms with Crippen LogP contribution >= 0.6 is 11.6 Å². The Bertz CT molecular complexity index is 1260. The van der Waals surface area contributed by atoms with Gasteiger partial charge in [-0.2, -0.15) is 5.10 Å². The first-order chi connectivity index (χ1) is 14.0. The summed E-state index contributed by atoms with van der Waals surface area (Å²) in [6, 6.07) is 17.6. The summed E-state index contributed by atoms with van der Waals surface area (Å²) in [7, 11) is 0. The number of hydrogen-bond donors (Lipinski definition) is 1. The number of aromatic nitrogens is 3. The molecule has 0 saturated carbocycles. The highest BCUT2D eigenvalue weighted by atomic mass is 35.5. The largest absolute Gasteiger partial charge is 0.423 e. The SMILES string of the molecule is Cc1cc(C(=O)Oc2cccc(Cc3n[nH]c(=O)c4ccccc34)c2)cc(Cl)n1. The molecule has 0 aliphatic heterocycles. The van der Waals surface area contributed by atoms with Gasteiger partial charge in [-0.25, -0.2) is 14.9 Å². The van der Waals surface area contributed by atoms with Gasteiger partial charge in [0.1, 0.15) is 10.9 Å². The average molecular weight is 406 g/mol. The van der Waals surface area contributed by atoms with Gasteiger partial charge in [-0.3, -0.25) is 4.79 Å². The Morgan fingerprint density at radius 1 is 1.07 bits per heavy atom. The van der Waals surface area contributed by atoms with Gasteiger partial charge >= 0.3 is 5.97 Å². The van der Waals surface area contributed by atoms with Crippen molar-refractivity contribution >= 4 is 28.3 Å². The number of carbonyl (C=O) groups is 1. The topological polar surface area (TPSA) is 84.9 Å². The Hall–Kier alpha value is -3.51. The quantitative estimate of drug-likeness (QED) is 0.314. The molecule has 0 saturated heterocycles. The summed E-state index contributed by atoms with van der Waals surface area (Å²) in [4.78, 5) is 28.4. The molecule has 0 amide bonds. The van der Waals surface area contributed by atoms with Crippen LogP contribution in [0.4, 0.5) is 0 Å². The van der Waals surface area contributed by atoms with Crippen molar-refractivity contribution in [2.45, 2.75) is 13.3 Å². The highest BCUT2D eigenvalue weighted by Crippen LogP contribution is 2.21. The van der Waals surface area contributed by atoms with E-state index >= 15 is 0 Å². The summed E-state index contributed by atoms with van der Waals surface area (Å²) in [5, 5.41) is 8.34. The number of hydrogen-bond acceptors (Lipinski definition) is 5. The van der Waals surface area contributed by atoms with E-state index < -0.39 is 5.97 Å². The van der Waals surface area contributed by atoms with Crippen molar-refractivity contribution in [3.8, 4) is 5.75 Å². The van der Waals surface area contributed by atoms with Crippen LogP contribution in [0.3, 0.4) is 0 Å². The molecule has 0 aliphatic rings. The monoisotopic (exact) mass is 405 g/mol. The van der Waals surface area contributed by atoms with Gasteiger partial charge in [0.15, 0.2) is 0 Å². The second-order valence-corrected chi connectivity index (χ2v) is 6.97. The molecule has 4 rings (SSSR count). The highest BCUT2D eigenvalue weighted by molar-refractivity contribution is 6.29. The van der Waals surface area contributed by atoms with Gasteiger partial charge in [0, 0.05) is 17.5 Å². The Labute approximate surface area is 171 Å². The Morgan fingerprint density at radius 2 is 1.86 bits per heavy atom. The van der Waals surface area contributed by atoms with E-state index in [4.69, 9.17) is 16.3 Å². The molecular formula is C22H16ClN3O3. The fourth-order valence-corrected chi connectivity index (χ4v) is 3.38. The normalized spacial score (nSPS) is 10.8. The van der Waals surface area contributed by atoms with Crippen molar-refractivity contribution < 1.29 is 9.53 Å². The molecule has 0 unspecified atom stereocenters. The summed E-state index contributed by atoms with van der Waals surface area (Å²) in [5.41, 5.74) is 2.37. The number of rotatable bonds is 4. The Kier molecular flexibility index (Phi) is 5.10. The van der Waals surface area contributed by atoms with Crippen molar-refractivity contribution in [1.29, 1.82) is 0 Å². The fourth-order valence-electron chi connectivity index (χ4n) is 3.13. The van der Waals surface area contributed by atoms with Gasteiger partial charge in [0.05, 0.1) is 16.6 Å². The molecule has 4 aromatic rings. The molecule has 1 N–H and O–H groups in total. The maximum Gasteiger partial charge on any atom is 0.343 e. The average Bonchev–Trinajstić information content (AvgIpc) is 2.70. The number of carbonyl (C=O) groups excluding carboxylic acids is 1. The van der Waals surface area contributed by atoms with E-state index in [1.165, 1.54) is 6.07 Å².